The Kier molecular flexibility index (Phi) is 7.50. The third-order valence-electron chi connectivity index (χ3n) is 6.16. The van der Waals surface area contributed by atoms with Crippen molar-refractivity contribution in [2.75, 3.05) is 11.5 Å². The monoisotopic (exact) mass is 572 g/mol. The predicted molar refractivity (Wildman–Crippen MR) is 143 cm³/mol. The molecule has 13 heteroatoms. The summed E-state index contributed by atoms with van der Waals surface area (Å²) in [4.78, 5) is 39.1. The van der Waals surface area contributed by atoms with Crippen molar-refractivity contribution in [1.29, 1.82) is 0 Å². The minimum atomic E-state index is -1.17. The number of amides is 2. The number of ether oxygens (including phenoxy) is 1. The van der Waals surface area contributed by atoms with Crippen LogP contribution in [0.25, 0.3) is 0 Å². The number of aryl methyl sites for hydroxylation is 3. The summed E-state index contributed by atoms with van der Waals surface area (Å²) in [6.07, 6.45) is 0. The van der Waals surface area contributed by atoms with Crippen LogP contribution in [0.2, 0.25) is 0 Å². The van der Waals surface area contributed by atoms with Crippen molar-refractivity contribution in [1.82, 2.24) is 20.4 Å². The molecule has 5 rings (SSSR count). The van der Waals surface area contributed by atoms with Gasteiger partial charge < -0.3 is 19.6 Å². The molecule has 2 aliphatic heterocycles. The number of rotatable bonds is 9. The number of thioether (sulfide) groups is 2. The number of aromatic nitrogens is 2. The van der Waals surface area contributed by atoms with Gasteiger partial charge in [-0.3, -0.25) is 14.5 Å². The van der Waals surface area contributed by atoms with E-state index < -0.39 is 29.2 Å². The largest absolute Gasteiger partial charge is 0.486 e. The van der Waals surface area contributed by atoms with Crippen molar-refractivity contribution in [2.24, 2.45) is 0 Å². The summed E-state index contributed by atoms with van der Waals surface area (Å²) in [6, 6.07) is 8.10. The zero-order valence-electron chi connectivity index (χ0n) is 20.7. The van der Waals surface area contributed by atoms with Crippen LogP contribution in [0.15, 0.2) is 50.4 Å². The van der Waals surface area contributed by atoms with Crippen LogP contribution >= 0.6 is 34.9 Å². The first-order chi connectivity index (χ1) is 18.2. The minimum Gasteiger partial charge on any atom is -0.486 e. The summed E-state index contributed by atoms with van der Waals surface area (Å²) in [5.74, 6) is -0.160. The topological polar surface area (TPSA) is 135 Å². The van der Waals surface area contributed by atoms with Gasteiger partial charge in [-0.1, -0.05) is 29.2 Å². The third kappa shape index (κ3) is 5.31. The summed E-state index contributed by atoms with van der Waals surface area (Å²) >= 11 is 4.24. The van der Waals surface area contributed by atoms with E-state index in [1.54, 1.807) is 6.07 Å². The van der Waals surface area contributed by atoms with Crippen LogP contribution < -0.4 is 10.1 Å². The molecule has 10 nitrogen and oxygen atoms in total. The molecule has 1 aromatic carbocycles. The number of nitrogens with one attached hydrogen (secondary N) is 1. The summed E-state index contributed by atoms with van der Waals surface area (Å²) in [5, 5.41) is 20.9. The van der Waals surface area contributed by atoms with Gasteiger partial charge in [0.15, 0.2) is 10.1 Å². The molecule has 2 atom stereocenters. The number of carboxylic acid groups (broad SMARTS) is 1. The van der Waals surface area contributed by atoms with Gasteiger partial charge in [0.1, 0.15) is 40.2 Å². The van der Waals surface area contributed by atoms with Crippen molar-refractivity contribution in [3.8, 4) is 5.75 Å². The predicted octanol–water partition coefficient (Wildman–Crippen LogP) is 3.78. The number of carbonyl (C=O) groups excluding carboxylic acids is 2. The first kappa shape index (κ1) is 26.3. The molecule has 2 N–H and O–H groups in total. The number of β-lactam (4-membered cyclic amide) rings is 1. The van der Waals surface area contributed by atoms with Crippen LogP contribution in [0.3, 0.4) is 0 Å². The number of nitrogens with zero attached hydrogens (tertiary/aromatic N) is 3. The summed E-state index contributed by atoms with van der Waals surface area (Å²) in [5.41, 5.74) is 2.88. The van der Waals surface area contributed by atoms with Crippen molar-refractivity contribution >= 4 is 52.6 Å². The molecule has 2 unspecified atom stereocenters. The highest BCUT2D eigenvalue weighted by atomic mass is 32.2. The molecule has 0 spiro atoms. The summed E-state index contributed by atoms with van der Waals surface area (Å²) in [7, 11) is 0. The molecule has 4 heterocycles. The van der Waals surface area contributed by atoms with Crippen molar-refractivity contribution in [3.63, 3.8) is 0 Å². The molecule has 2 aromatic heterocycles. The van der Waals surface area contributed by atoms with E-state index in [0.29, 0.717) is 28.6 Å². The molecule has 0 bridgehead atoms. The Labute approximate surface area is 230 Å². The van der Waals surface area contributed by atoms with Gasteiger partial charge in [0.05, 0.1) is 0 Å². The van der Waals surface area contributed by atoms with Gasteiger partial charge in [-0.2, -0.15) is 0 Å². The van der Waals surface area contributed by atoms with E-state index in [9.17, 15) is 19.5 Å². The zero-order chi connectivity index (χ0) is 27.0. The lowest BCUT2D eigenvalue weighted by Gasteiger charge is -2.49. The Morgan fingerprint density at radius 1 is 1.21 bits per heavy atom. The smallest absolute Gasteiger partial charge is 0.352 e. The number of furan rings is 1. The molecule has 0 radical (unpaired) electrons. The Balaban J connectivity index is 1.20. The molecule has 2 amide bonds. The van der Waals surface area contributed by atoms with E-state index in [1.165, 1.54) is 51.4 Å². The van der Waals surface area contributed by atoms with Gasteiger partial charge in [-0.15, -0.1) is 22.0 Å². The van der Waals surface area contributed by atoms with E-state index in [2.05, 4.69) is 15.5 Å². The molecular formula is C25H24N4O6S3. The average molecular weight is 573 g/mol. The number of carbonyl (C=O) groups is 3. The maximum absolute atomic E-state index is 12.9. The fraction of sp³-hybridized carbons (Fsp3) is 0.320. The van der Waals surface area contributed by atoms with Gasteiger partial charge in [0.2, 0.25) is 0 Å². The molecule has 38 heavy (non-hydrogen) atoms. The molecular weight excluding hydrogens is 548 g/mol. The van der Waals surface area contributed by atoms with Gasteiger partial charge >= 0.3 is 5.97 Å². The standard InChI is InChI=1S/C25H24N4O6S3/c1-12-4-5-16(8-13(12)2)34-9-17-6-7-18(35-17)21(30)26-19-22(31)29-20(24(32)33)15(10-36-23(19)29)11-37-25-28-27-14(3)38-25/h4-8,19,23H,9-11H2,1-3H3,(H,26,30)(H,32,33). The second-order valence-corrected chi connectivity index (χ2v) is 12.3. The molecule has 3 aromatic rings. The minimum absolute atomic E-state index is 0.0261. The van der Waals surface area contributed by atoms with E-state index in [4.69, 9.17) is 9.15 Å². The number of hydrogen-bond donors (Lipinski definition) is 2. The van der Waals surface area contributed by atoms with Crippen LogP contribution in [-0.4, -0.2) is 60.9 Å². The first-order valence-electron chi connectivity index (χ1n) is 11.6. The molecule has 198 valence electrons. The van der Waals surface area contributed by atoms with Gasteiger partial charge in [0.25, 0.3) is 11.8 Å². The van der Waals surface area contributed by atoms with Crippen LogP contribution in [0.5, 0.6) is 5.75 Å². The summed E-state index contributed by atoms with van der Waals surface area (Å²) in [6.45, 7) is 6.02. The highest BCUT2D eigenvalue weighted by molar-refractivity contribution is 8.01. The Morgan fingerprint density at radius 2 is 2.03 bits per heavy atom. The van der Waals surface area contributed by atoms with Crippen molar-refractivity contribution in [3.05, 3.63) is 69.3 Å². The van der Waals surface area contributed by atoms with Gasteiger partial charge in [-0.25, -0.2) is 4.79 Å². The Hall–Kier alpha value is -3.29. The van der Waals surface area contributed by atoms with E-state index in [-0.39, 0.29) is 18.1 Å². The second kappa shape index (κ2) is 10.8. The molecule has 1 saturated heterocycles. The maximum Gasteiger partial charge on any atom is 0.352 e. The molecule has 0 aliphatic carbocycles. The second-order valence-electron chi connectivity index (χ2n) is 8.79. The van der Waals surface area contributed by atoms with E-state index in [1.807, 2.05) is 39.0 Å². The van der Waals surface area contributed by atoms with E-state index in [0.717, 1.165) is 14.9 Å². The number of aliphatic carboxylic acids is 1. The van der Waals surface area contributed by atoms with Crippen LogP contribution in [0.4, 0.5) is 0 Å². The number of fused-ring (bicyclic) bond motifs is 1. The maximum atomic E-state index is 12.9. The number of benzene rings is 1. The molecule has 1 fully saturated rings. The Morgan fingerprint density at radius 3 is 2.74 bits per heavy atom. The molecule has 0 saturated carbocycles. The van der Waals surface area contributed by atoms with Crippen LogP contribution in [0.1, 0.15) is 32.4 Å². The lowest BCUT2D eigenvalue weighted by Crippen LogP contribution is -2.70. The fourth-order valence-electron chi connectivity index (χ4n) is 4.03. The first-order valence-corrected chi connectivity index (χ1v) is 14.5. The zero-order valence-corrected chi connectivity index (χ0v) is 23.2. The van der Waals surface area contributed by atoms with Crippen LogP contribution in [-0.2, 0) is 16.2 Å². The normalized spacial score (nSPS) is 18.7. The highest BCUT2D eigenvalue weighted by Crippen LogP contribution is 2.42. The van der Waals surface area contributed by atoms with Gasteiger partial charge in [-0.05, 0) is 61.7 Å². The van der Waals surface area contributed by atoms with Crippen molar-refractivity contribution < 1.29 is 28.6 Å². The Bertz CT molecular complexity index is 1450. The molecule has 2 aliphatic rings. The average Bonchev–Trinajstić information content (AvgIpc) is 3.54. The lowest BCUT2D eigenvalue weighted by atomic mass is 10.0. The quantitative estimate of drug-likeness (QED) is 0.288. The van der Waals surface area contributed by atoms with Crippen LogP contribution in [0, 0.1) is 20.8 Å². The SMILES string of the molecule is Cc1nnc(SCC2=C(C(=O)O)N3C(=O)C(NC(=O)c4ccc(COc5ccc(C)c(C)c5)o4)C3SC2)s1. The van der Waals surface area contributed by atoms with Crippen molar-refractivity contribution in [2.45, 2.75) is 43.1 Å². The third-order valence-corrected chi connectivity index (χ3v) is 9.56. The number of carboxylic acids is 1. The van der Waals surface area contributed by atoms with E-state index >= 15 is 0 Å². The number of hydrogen-bond acceptors (Lipinski definition) is 10. The fourth-order valence-corrected chi connectivity index (χ4v) is 7.33. The summed E-state index contributed by atoms with van der Waals surface area (Å²) < 4.78 is 12.1. The van der Waals surface area contributed by atoms with Gasteiger partial charge in [0, 0.05) is 11.5 Å². The lowest BCUT2D eigenvalue weighted by molar-refractivity contribution is -0.148. The highest BCUT2D eigenvalue weighted by Gasteiger charge is 2.54.